The van der Waals surface area contributed by atoms with Gasteiger partial charge in [-0.1, -0.05) is 12.1 Å². The van der Waals surface area contributed by atoms with Crippen LogP contribution in [0.3, 0.4) is 0 Å². The molecule has 0 heterocycles. The van der Waals surface area contributed by atoms with Gasteiger partial charge in [-0.15, -0.1) is 0 Å². The lowest BCUT2D eigenvalue weighted by molar-refractivity contribution is -0.0353. The molecule has 4 fully saturated rings. The fraction of sp³-hybridized carbons (Fsp3) is 0.684. The first-order valence-electron chi connectivity index (χ1n) is 8.73. The first kappa shape index (κ1) is 13.8. The van der Waals surface area contributed by atoms with E-state index in [1.54, 1.807) is 6.07 Å². The molecule has 0 aromatic heterocycles. The highest BCUT2D eigenvalue weighted by Crippen LogP contribution is 2.56. The van der Waals surface area contributed by atoms with Crippen LogP contribution in [0, 0.1) is 35.4 Å². The summed E-state index contributed by atoms with van der Waals surface area (Å²) in [6.45, 7) is 2.16. The van der Waals surface area contributed by atoms with Crippen molar-refractivity contribution >= 4 is 0 Å². The molecule has 0 saturated heterocycles. The third-order valence-electron chi connectivity index (χ3n) is 6.28. The standard InChI is InChI=1S/C19H26FN/c20-18-3-1-2-13(11-18)4-5-21-12-19-16-7-14-6-15(9-16)10-17(19)8-14/h1-3,11,14-17,19,21H,4-10,12H2. The largest absolute Gasteiger partial charge is 0.316 e. The van der Waals surface area contributed by atoms with Gasteiger partial charge >= 0.3 is 0 Å². The molecule has 1 aromatic carbocycles. The average Bonchev–Trinajstić information content (AvgIpc) is 2.45. The first-order chi connectivity index (χ1) is 10.3. The Morgan fingerprint density at radius 1 is 1.00 bits per heavy atom. The molecule has 5 rings (SSSR count). The summed E-state index contributed by atoms with van der Waals surface area (Å²) < 4.78 is 13.1. The van der Waals surface area contributed by atoms with Crippen molar-refractivity contribution in [1.29, 1.82) is 0 Å². The van der Waals surface area contributed by atoms with Crippen molar-refractivity contribution in [2.45, 2.75) is 38.5 Å². The fourth-order valence-electron chi connectivity index (χ4n) is 5.57. The Morgan fingerprint density at radius 3 is 2.38 bits per heavy atom. The van der Waals surface area contributed by atoms with Gasteiger partial charge in [0.1, 0.15) is 5.82 Å². The number of rotatable bonds is 5. The summed E-state index contributed by atoms with van der Waals surface area (Å²) in [5.41, 5.74) is 1.10. The van der Waals surface area contributed by atoms with E-state index in [1.165, 1.54) is 44.7 Å². The predicted octanol–water partition coefficient (Wildman–Crippen LogP) is 4.03. The highest BCUT2D eigenvalue weighted by atomic mass is 19.1. The second-order valence-electron chi connectivity index (χ2n) is 7.68. The second-order valence-corrected chi connectivity index (χ2v) is 7.68. The molecule has 0 radical (unpaired) electrons. The molecular formula is C19H26FN. The third kappa shape index (κ3) is 2.88. The molecule has 21 heavy (non-hydrogen) atoms. The van der Waals surface area contributed by atoms with Gasteiger partial charge in [0.15, 0.2) is 0 Å². The molecule has 4 aliphatic rings. The Kier molecular flexibility index (Phi) is 3.74. The minimum atomic E-state index is -0.117. The highest BCUT2D eigenvalue weighted by Gasteiger charge is 2.47. The van der Waals surface area contributed by atoms with Crippen molar-refractivity contribution < 1.29 is 4.39 Å². The van der Waals surface area contributed by atoms with Crippen LogP contribution in [0.1, 0.15) is 37.7 Å². The molecule has 4 saturated carbocycles. The fourth-order valence-corrected chi connectivity index (χ4v) is 5.57. The summed E-state index contributed by atoms with van der Waals surface area (Å²) in [7, 11) is 0. The molecular weight excluding hydrogens is 261 g/mol. The molecule has 0 unspecified atom stereocenters. The monoisotopic (exact) mass is 287 g/mol. The topological polar surface area (TPSA) is 12.0 Å². The molecule has 4 aliphatic carbocycles. The number of nitrogens with one attached hydrogen (secondary N) is 1. The first-order valence-corrected chi connectivity index (χ1v) is 8.73. The quantitative estimate of drug-likeness (QED) is 0.806. The van der Waals surface area contributed by atoms with Crippen LogP contribution in [-0.2, 0) is 6.42 Å². The van der Waals surface area contributed by atoms with Crippen molar-refractivity contribution in [3.05, 3.63) is 35.6 Å². The number of benzene rings is 1. The lowest BCUT2D eigenvalue weighted by Crippen LogP contribution is -2.48. The summed E-state index contributed by atoms with van der Waals surface area (Å²) in [5, 5.41) is 3.66. The van der Waals surface area contributed by atoms with Crippen LogP contribution in [0.5, 0.6) is 0 Å². The van der Waals surface area contributed by atoms with Crippen molar-refractivity contribution in [2.24, 2.45) is 29.6 Å². The van der Waals surface area contributed by atoms with E-state index in [0.29, 0.717) is 0 Å². The lowest BCUT2D eigenvalue weighted by Gasteiger charge is -2.54. The summed E-state index contributed by atoms with van der Waals surface area (Å²) in [6, 6.07) is 7.01. The number of hydrogen-bond acceptors (Lipinski definition) is 1. The van der Waals surface area contributed by atoms with Crippen LogP contribution >= 0.6 is 0 Å². The zero-order chi connectivity index (χ0) is 14.2. The molecule has 2 heteroatoms. The number of halogens is 1. The third-order valence-corrected chi connectivity index (χ3v) is 6.28. The molecule has 0 aliphatic heterocycles. The van der Waals surface area contributed by atoms with Crippen LogP contribution in [0.15, 0.2) is 24.3 Å². The van der Waals surface area contributed by atoms with E-state index in [-0.39, 0.29) is 5.82 Å². The van der Waals surface area contributed by atoms with Gasteiger partial charge in [0.2, 0.25) is 0 Å². The Labute approximate surface area is 127 Å². The minimum absolute atomic E-state index is 0.117. The second kappa shape index (κ2) is 5.72. The molecule has 1 aromatic rings. The van der Waals surface area contributed by atoms with Crippen molar-refractivity contribution in [3.8, 4) is 0 Å². The summed E-state index contributed by atoms with van der Waals surface area (Å²) in [4.78, 5) is 0. The minimum Gasteiger partial charge on any atom is -0.316 e. The van der Waals surface area contributed by atoms with Crippen molar-refractivity contribution in [1.82, 2.24) is 5.32 Å². The zero-order valence-corrected chi connectivity index (χ0v) is 12.7. The molecule has 0 atom stereocenters. The SMILES string of the molecule is Fc1cccc(CCNCC2C3CC4CC(C3)CC2C4)c1. The molecule has 0 spiro atoms. The van der Waals surface area contributed by atoms with E-state index in [0.717, 1.165) is 48.1 Å². The van der Waals surface area contributed by atoms with Gasteiger partial charge in [-0.3, -0.25) is 0 Å². The number of hydrogen-bond donors (Lipinski definition) is 1. The maximum atomic E-state index is 13.1. The van der Waals surface area contributed by atoms with Gasteiger partial charge in [-0.05, 0) is 98.9 Å². The van der Waals surface area contributed by atoms with Crippen LogP contribution in [0.2, 0.25) is 0 Å². The Morgan fingerprint density at radius 2 is 1.71 bits per heavy atom. The maximum Gasteiger partial charge on any atom is 0.123 e. The molecule has 114 valence electrons. The molecule has 0 amide bonds. The summed E-state index contributed by atoms with van der Waals surface area (Å²) in [6.07, 6.45) is 8.48. The van der Waals surface area contributed by atoms with E-state index < -0.39 is 0 Å². The van der Waals surface area contributed by atoms with Gasteiger partial charge in [-0.25, -0.2) is 4.39 Å². The van der Waals surface area contributed by atoms with Crippen LogP contribution < -0.4 is 5.32 Å². The highest BCUT2D eigenvalue weighted by molar-refractivity contribution is 5.16. The zero-order valence-electron chi connectivity index (χ0n) is 12.7. The van der Waals surface area contributed by atoms with Gasteiger partial charge in [0.05, 0.1) is 0 Å². The van der Waals surface area contributed by atoms with E-state index >= 15 is 0 Å². The van der Waals surface area contributed by atoms with Crippen LogP contribution in [0.4, 0.5) is 4.39 Å². The van der Waals surface area contributed by atoms with Gasteiger partial charge in [-0.2, -0.15) is 0 Å². The molecule has 1 N–H and O–H groups in total. The normalized spacial score (nSPS) is 37.1. The Bertz CT molecular complexity index is 470. The van der Waals surface area contributed by atoms with E-state index in [4.69, 9.17) is 0 Å². The Hall–Kier alpha value is -0.890. The van der Waals surface area contributed by atoms with Crippen LogP contribution in [0.25, 0.3) is 0 Å². The van der Waals surface area contributed by atoms with E-state index in [9.17, 15) is 4.39 Å². The van der Waals surface area contributed by atoms with Crippen molar-refractivity contribution in [2.75, 3.05) is 13.1 Å². The van der Waals surface area contributed by atoms with Crippen molar-refractivity contribution in [3.63, 3.8) is 0 Å². The van der Waals surface area contributed by atoms with E-state index in [1.807, 2.05) is 12.1 Å². The molecule has 4 bridgehead atoms. The smallest absolute Gasteiger partial charge is 0.123 e. The van der Waals surface area contributed by atoms with E-state index in [2.05, 4.69) is 5.32 Å². The maximum absolute atomic E-state index is 13.1. The lowest BCUT2D eigenvalue weighted by atomic mass is 9.52. The van der Waals surface area contributed by atoms with Crippen LogP contribution in [-0.4, -0.2) is 13.1 Å². The summed E-state index contributed by atoms with van der Waals surface area (Å²) >= 11 is 0. The average molecular weight is 287 g/mol. The van der Waals surface area contributed by atoms with Gasteiger partial charge < -0.3 is 5.32 Å². The Balaban J connectivity index is 1.26. The molecule has 1 nitrogen and oxygen atoms in total. The van der Waals surface area contributed by atoms with Gasteiger partial charge in [0, 0.05) is 0 Å². The predicted molar refractivity (Wildman–Crippen MR) is 83.5 cm³/mol. The summed E-state index contributed by atoms with van der Waals surface area (Å²) in [5.74, 6) is 4.94. The van der Waals surface area contributed by atoms with Gasteiger partial charge in [0.25, 0.3) is 0 Å².